The molecule has 10 heteroatoms. The monoisotopic (exact) mass is 402 g/mol. The van der Waals surface area contributed by atoms with Crippen LogP contribution < -0.4 is 20.1 Å². The third-order valence-corrected chi connectivity index (χ3v) is 4.90. The molecule has 0 bridgehead atoms. The molecule has 29 heavy (non-hydrogen) atoms. The predicted octanol–water partition coefficient (Wildman–Crippen LogP) is 1.79. The van der Waals surface area contributed by atoms with E-state index in [1.165, 1.54) is 6.33 Å². The van der Waals surface area contributed by atoms with Crippen molar-refractivity contribution in [3.8, 4) is 5.88 Å². The minimum absolute atomic E-state index is 0.334. The second-order valence-electron chi connectivity index (χ2n) is 6.67. The van der Waals surface area contributed by atoms with Gasteiger partial charge in [-0.2, -0.15) is 4.98 Å². The Kier molecular flexibility index (Phi) is 5.24. The van der Waals surface area contributed by atoms with Crippen LogP contribution in [0.3, 0.4) is 0 Å². The molecule has 3 heterocycles. The first kappa shape index (κ1) is 19.0. The SMILES string of the molecule is COc1ccnc(N2CCN(c3ccc4c(=O)n(CC(F)F)cnc4c3)CC2)n1. The van der Waals surface area contributed by atoms with Gasteiger partial charge in [-0.25, -0.2) is 18.7 Å². The molecule has 0 unspecified atom stereocenters. The number of anilines is 2. The minimum atomic E-state index is -2.60. The van der Waals surface area contributed by atoms with Crippen molar-refractivity contribution < 1.29 is 13.5 Å². The summed E-state index contributed by atoms with van der Waals surface area (Å²) < 4.78 is 31.3. The molecule has 0 spiro atoms. The second-order valence-corrected chi connectivity index (χ2v) is 6.67. The van der Waals surface area contributed by atoms with E-state index in [1.54, 1.807) is 25.4 Å². The quantitative estimate of drug-likeness (QED) is 0.644. The maximum absolute atomic E-state index is 12.6. The Morgan fingerprint density at radius 2 is 1.86 bits per heavy atom. The number of fused-ring (bicyclic) bond motifs is 1. The Labute approximate surface area is 165 Å². The molecule has 2 aromatic heterocycles. The molecule has 8 nitrogen and oxygen atoms in total. The molecule has 0 amide bonds. The summed E-state index contributed by atoms with van der Waals surface area (Å²) in [5.41, 5.74) is 0.973. The maximum Gasteiger partial charge on any atom is 0.261 e. The number of alkyl halides is 2. The van der Waals surface area contributed by atoms with Crippen LogP contribution in [0.15, 0.2) is 41.6 Å². The molecule has 0 atom stereocenters. The van der Waals surface area contributed by atoms with Crippen molar-refractivity contribution in [2.45, 2.75) is 13.0 Å². The number of nitrogens with zero attached hydrogens (tertiary/aromatic N) is 6. The fourth-order valence-corrected chi connectivity index (χ4v) is 3.39. The summed E-state index contributed by atoms with van der Waals surface area (Å²) in [4.78, 5) is 29.5. The number of rotatable bonds is 5. The largest absolute Gasteiger partial charge is 0.481 e. The van der Waals surface area contributed by atoms with Gasteiger partial charge in [-0.3, -0.25) is 9.36 Å². The van der Waals surface area contributed by atoms with Crippen LogP contribution in [0, 0.1) is 0 Å². The Morgan fingerprint density at radius 3 is 2.59 bits per heavy atom. The van der Waals surface area contributed by atoms with Gasteiger partial charge in [0.05, 0.1) is 30.9 Å². The summed E-state index contributed by atoms with van der Waals surface area (Å²) in [6, 6.07) is 7.01. The summed E-state index contributed by atoms with van der Waals surface area (Å²) in [6.45, 7) is 2.30. The Hall–Kier alpha value is -3.30. The van der Waals surface area contributed by atoms with Crippen LogP contribution in [-0.4, -0.2) is 59.2 Å². The van der Waals surface area contributed by atoms with E-state index in [4.69, 9.17) is 4.74 Å². The van der Waals surface area contributed by atoms with Crippen molar-refractivity contribution >= 4 is 22.5 Å². The van der Waals surface area contributed by atoms with E-state index in [2.05, 4.69) is 24.8 Å². The number of benzene rings is 1. The maximum atomic E-state index is 12.6. The average Bonchev–Trinajstić information content (AvgIpc) is 2.75. The predicted molar refractivity (Wildman–Crippen MR) is 105 cm³/mol. The number of ether oxygens (including phenoxy) is 1. The summed E-state index contributed by atoms with van der Waals surface area (Å²) in [7, 11) is 1.57. The normalized spacial score (nSPS) is 14.6. The number of hydrogen-bond donors (Lipinski definition) is 0. The first-order valence-corrected chi connectivity index (χ1v) is 9.19. The summed E-state index contributed by atoms with van der Waals surface area (Å²) >= 11 is 0. The van der Waals surface area contributed by atoms with Crippen LogP contribution >= 0.6 is 0 Å². The molecule has 152 valence electrons. The van der Waals surface area contributed by atoms with E-state index in [-0.39, 0.29) is 0 Å². The van der Waals surface area contributed by atoms with Crippen molar-refractivity contribution in [2.75, 3.05) is 43.1 Å². The summed E-state index contributed by atoms with van der Waals surface area (Å²) in [6.07, 6.45) is 0.248. The second kappa shape index (κ2) is 7.98. The van der Waals surface area contributed by atoms with Crippen molar-refractivity contribution in [2.24, 2.45) is 0 Å². The van der Waals surface area contributed by atoms with E-state index in [9.17, 15) is 13.6 Å². The van der Waals surface area contributed by atoms with E-state index in [0.717, 1.165) is 36.4 Å². The third kappa shape index (κ3) is 3.96. The smallest absolute Gasteiger partial charge is 0.261 e. The van der Waals surface area contributed by atoms with Gasteiger partial charge in [0.15, 0.2) is 0 Å². The van der Waals surface area contributed by atoms with Crippen LogP contribution in [0.5, 0.6) is 5.88 Å². The number of aromatic nitrogens is 4. The number of methoxy groups -OCH3 is 1. The van der Waals surface area contributed by atoms with Gasteiger partial charge in [0.2, 0.25) is 11.8 Å². The number of piperazine rings is 1. The van der Waals surface area contributed by atoms with Gasteiger partial charge in [0, 0.05) is 44.1 Å². The highest BCUT2D eigenvalue weighted by Gasteiger charge is 2.20. The van der Waals surface area contributed by atoms with Gasteiger partial charge in [0.1, 0.15) is 0 Å². The van der Waals surface area contributed by atoms with E-state index >= 15 is 0 Å². The molecule has 1 aliphatic heterocycles. The Balaban J connectivity index is 1.50. The molecule has 0 saturated carbocycles. The molecule has 0 radical (unpaired) electrons. The molecular weight excluding hydrogens is 382 g/mol. The van der Waals surface area contributed by atoms with Crippen LogP contribution in [0.2, 0.25) is 0 Å². The van der Waals surface area contributed by atoms with Gasteiger partial charge in [0.25, 0.3) is 12.0 Å². The average molecular weight is 402 g/mol. The first-order chi connectivity index (χ1) is 14.0. The number of hydrogen-bond acceptors (Lipinski definition) is 7. The lowest BCUT2D eigenvalue weighted by Crippen LogP contribution is -2.47. The van der Waals surface area contributed by atoms with Crippen molar-refractivity contribution in [3.05, 3.63) is 47.1 Å². The number of halogens is 2. The van der Waals surface area contributed by atoms with Gasteiger partial charge < -0.3 is 14.5 Å². The summed E-state index contributed by atoms with van der Waals surface area (Å²) in [5.74, 6) is 1.15. The molecule has 1 fully saturated rings. The van der Waals surface area contributed by atoms with Gasteiger partial charge in [-0.1, -0.05) is 0 Å². The van der Waals surface area contributed by atoms with Crippen LogP contribution in [-0.2, 0) is 6.54 Å². The molecule has 1 saturated heterocycles. The zero-order valence-corrected chi connectivity index (χ0v) is 15.8. The van der Waals surface area contributed by atoms with Crippen molar-refractivity contribution in [1.82, 2.24) is 19.5 Å². The van der Waals surface area contributed by atoms with Gasteiger partial charge >= 0.3 is 0 Å². The van der Waals surface area contributed by atoms with E-state index in [0.29, 0.717) is 22.7 Å². The zero-order chi connectivity index (χ0) is 20.4. The van der Waals surface area contributed by atoms with Gasteiger partial charge in [-0.05, 0) is 18.2 Å². The molecule has 1 aromatic carbocycles. The molecular formula is C19H20F2N6O2. The standard InChI is InChI=1S/C19H20F2N6O2/c1-29-17-4-5-22-19(24-17)26-8-6-25(7-9-26)13-2-3-14-15(10-13)23-12-27(18(14)28)11-16(20)21/h2-5,10,12,16H,6-9,11H2,1H3. The highest BCUT2D eigenvalue weighted by atomic mass is 19.3. The fourth-order valence-electron chi connectivity index (χ4n) is 3.39. The lowest BCUT2D eigenvalue weighted by atomic mass is 10.2. The van der Waals surface area contributed by atoms with Crippen LogP contribution in [0.25, 0.3) is 10.9 Å². The topological polar surface area (TPSA) is 76.4 Å². The lowest BCUT2D eigenvalue weighted by molar-refractivity contribution is 0.125. The molecule has 1 aliphatic rings. The highest BCUT2D eigenvalue weighted by Crippen LogP contribution is 2.22. The first-order valence-electron chi connectivity index (χ1n) is 9.19. The van der Waals surface area contributed by atoms with Gasteiger partial charge in [-0.15, -0.1) is 0 Å². The Bertz CT molecular complexity index is 1070. The molecule has 4 rings (SSSR count). The van der Waals surface area contributed by atoms with E-state index < -0.39 is 18.5 Å². The zero-order valence-electron chi connectivity index (χ0n) is 15.8. The third-order valence-electron chi connectivity index (χ3n) is 4.90. The van der Waals surface area contributed by atoms with Crippen molar-refractivity contribution in [1.29, 1.82) is 0 Å². The molecule has 0 N–H and O–H groups in total. The lowest BCUT2D eigenvalue weighted by Gasteiger charge is -2.36. The minimum Gasteiger partial charge on any atom is -0.481 e. The van der Waals surface area contributed by atoms with E-state index in [1.807, 2.05) is 12.1 Å². The Morgan fingerprint density at radius 1 is 1.10 bits per heavy atom. The van der Waals surface area contributed by atoms with Crippen molar-refractivity contribution in [3.63, 3.8) is 0 Å². The molecule has 0 aliphatic carbocycles. The van der Waals surface area contributed by atoms with Crippen LogP contribution in [0.1, 0.15) is 0 Å². The van der Waals surface area contributed by atoms with Crippen LogP contribution in [0.4, 0.5) is 20.4 Å². The fraction of sp³-hybridized carbons (Fsp3) is 0.368. The molecule has 3 aromatic rings. The highest BCUT2D eigenvalue weighted by molar-refractivity contribution is 5.81. The summed E-state index contributed by atoms with van der Waals surface area (Å²) in [5, 5.41) is 0.334.